The van der Waals surface area contributed by atoms with Gasteiger partial charge in [-0.15, -0.1) is 0 Å². The molecule has 3 heterocycles. The summed E-state index contributed by atoms with van der Waals surface area (Å²) in [6.07, 6.45) is 2.69. The van der Waals surface area contributed by atoms with Gasteiger partial charge in [0.05, 0.1) is 11.0 Å². The predicted molar refractivity (Wildman–Crippen MR) is 121 cm³/mol. The van der Waals surface area contributed by atoms with Crippen molar-refractivity contribution in [2.75, 3.05) is 13.6 Å². The van der Waals surface area contributed by atoms with Crippen LogP contribution >= 0.6 is 21.6 Å². The van der Waals surface area contributed by atoms with Crippen molar-refractivity contribution >= 4 is 27.3 Å². The number of hydrogen-bond donors (Lipinski definition) is 2. The van der Waals surface area contributed by atoms with Crippen LogP contribution in [0.1, 0.15) is 24.0 Å². The van der Waals surface area contributed by atoms with Gasteiger partial charge >= 0.3 is 0 Å². The van der Waals surface area contributed by atoms with Crippen LogP contribution in [0.15, 0.2) is 35.5 Å². The van der Waals surface area contributed by atoms with Crippen molar-refractivity contribution in [2.24, 2.45) is 5.92 Å². The number of pyridine rings is 1. The summed E-state index contributed by atoms with van der Waals surface area (Å²) in [6.45, 7) is 0.927. The summed E-state index contributed by atoms with van der Waals surface area (Å²) in [4.78, 5) is 17.1. The van der Waals surface area contributed by atoms with Gasteiger partial charge in [0.15, 0.2) is 11.5 Å². The lowest BCUT2D eigenvalue weighted by atomic mass is 9.51. The number of benzene rings is 1. The SMILES string of the molecule is CN1CC[C@]23c4c5ccc(O)c4O[C@H]2[C@@H](O)C[C@H](SSc2ccc([N+](=O)[O-])cn2)C3[C@H]1C5. The van der Waals surface area contributed by atoms with Gasteiger partial charge < -0.3 is 19.8 Å². The minimum atomic E-state index is -0.629. The quantitative estimate of drug-likeness (QED) is 0.393. The molecular formula is C22H23N3O5S2. The number of nitrogens with zero attached hydrogens (tertiary/aromatic N) is 3. The lowest BCUT2D eigenvalue weighted by Crippen LogP contribution is -2.69. The Morgan fingerprint density at radius 2 is 2.19 bits per heavy atom. The van der Waals surface area contributed by atoms with Crippen LogP contribution in [0.3, 0.4) is 0 Å². The molecule has 32 heavy (non-hydrogen) atoms. The molecule has 2 fully saturated rings. The molecule has 2 aliphatic heterocycles. The number of likely N-dealkylation sites (N-methyl/N-ethyl adjacent to an activating group) is 1. The minimum Gasteiger partial charge on any atom is -0.504 e. The Bertz CT molecular complexity index is 1100. The highest BCUT2D eigenvalue weighted by atomic mass is 33.1. The molecule has 2 aromatic rings. The molecule has 10 heteroatoms. The smallest absolute Gasteiger partial charge is 0.287 e. The van der Waals surface area contributed by atoms with Gasteiger partial charge in [-0.1, -0.05) is 16.9 Å². The van der Waals surface area contributed by atoms with Crippen molar-refractivity contribution < 1.29 is 19.9 Å². The Balaban J connectivity index is 1.37. The van der Waals surface area contributed by atoms with Crippen molar-refractivity contribution in [3.05, 3.63) is 51.7 Å². The fourth-order valence-electron chi connectivity index (χ4n) is 6.48. The van der Waals surface area contributed by atoms with Crippen LogP contribution in [0.5, 0.6) is 11.5 Å². The summed E-state index contributed by atoms with van der Waals surface area (Å²) < 4.78 is 6.29. The maximum Gasteiger partial charge on any atom is 0.287 e. The van der Waals surface area contributed by atoms with Crippen molar-refractivity contribution in [3.8, 4) is 11.5 Å². The number of rotatable bonds is 4. The van der Waals surface area contributed by atoms with E-state index in [1.165, 1.54) is 28.6 Å². The first kappa shape index (κ1) is 20.6. The highest BCUT2D eigenvalue weighted by molar-refractivity contribution is 8.76. The third-order valence-corrected chi connectivity index (χ3v) is 10.5. The van der Waals surface area contributed by atoms with Crippen LogP contribution in [0.2, 0.25) is 0 Å². The molecule has 1 aromatic carbocycles. The predicted octanol–water partition coefficient (Wildman–Crippen LogP) is 3.14. The zero-order chi connectivity index (χ0) is 22.2. The fourth-order valence-corrected chi connectivity index (χ4v) is 9.30. The van der Waals surface area contributed by atoms with Gasteiger partial charge in [0.25, 0.3) is 5.69 Å². The molecule has 168 valence electrons. The van der Waals surface area contributed by atoms with Gasteiger partial charge in [0.2, 0.25) is 0 Å². The van der Waals surface area contributed by atoms with Crippen LogP contribution in [0, 0.1) is 16.0 Å². The zero-order valence-electron chi connectivity index (χ0n) is 17.4. The molecule has 6 atom stereocenters. The zero-order valence-corrected chi connectivity index (χ0v) is 19.0. The summed E-state index contributed by atoms with van der Waals surface area (Å²) in [6, 6.07) is 7.21. The molecule has 0 radical (unpaired) electrons. The molecule has 1 saturated carbocycles. The van der Waals surface area contributed by atoms with Crippen LogP contribution < -0.4 is 4.74 Å². The van der Waals surface area contributed by atoms with Crippen molar-refractivity contribution in [3.63, 3.8) is 0 Å². The van der Waals surface area contributed by atoms with E-state index in [4.69, 9.17) is 4.74 Å². The number of likely N-dealkylation sites (tertiary alicyclic amines) is 1. The number of aliphatic hydroxyl groups excluding tert-OH is 1. The summed E-state index contributed by atoms with van der Waals surface area (Å²) >= 11 is 0. The molecule has 1 unspecified atom stereocenters. The molecule has 4 aliphatic rings. The maximum absolute atomic E-state index is 11.2. The molecule has 2 N–H and O–H groups in total. The minimum absolute atomic E-state index is 0.0235. The number of hydrogen-bond acceptors (Lipinski definition) is 9. The Morgan fingerprint density at radius 3 is 2.94 bits per heavy atom. The number of piperidine rings is 1. The van der Waals surface area contributed by atoms with Crippen molar-refractivity contribution in [1.29, 1.82) is 0 Å². The number of aromatic hydroxyl groups is 1. The molecular weight excluding hydrogens is 450 g/mol. The average Bonchev–Trinajstić information content (AvgIpc) is 3.14. The third-order valence-electron chi connectivity index (χ3n) is 7.74. The van der Waals surface area contributed by atoms with E-state index < -0.39 is 11.0 Å². The normalized spacial score (nSPS) is 34.6. The van der Waals surface area contributed by atoms with Crippen molar-refractivity contribution in [2.45, 2.75) is 53.2 Å². The lowest BCUT2D eigenvalue weighted by Gasteiger charge is -2.60. The van der Waals surface area contributed by atoms with Crippen LogP contribution in [-0.4, -0.2) is 62.1 Å². The molecule has 2 aliphatic carbocycles. The van der Waals surface area contributed by atoms with Crippen LogP contribution in [-0.2, 0) is 11.8 Å². The fraction of sp³-hybridized carbons (Fsp3) is 0.500. The number of phenolic OH excluding ortho intramolecular Hbond substituents is 1. The molecule has 2 bridgehead atoms. The molecule has 0 amide bonds. The second-order valence-electron chi connectivity index (χ2n) is 9.19. The van der Waals surface area contributed by atoms with Crippen LogP contribution in [0.4, 0.5) is 5.69 Å². The van der Waals surface area contributed by atoms with E-state index in [1.54, 1.807) is 22.9 Å². The number of ether oxygens (including phenoxy) is 1. The first-order chi connectivity index (χ1) is 15.4. The highest BCUT2D eigenvalue weighted by Gasteiger charge is 2.68. The highest BCUT2D eigenvalue weighted by Crippen LogP contribution is 2.65. The standard InChI is InChI=1S/C22H23N3O5S2/c1-24-7-6-22-18-11-2-4-14(26)20(18)30-21(22)15(27)9-16(19(22)13(24)8-11)31-32-17-5-3-12(10-23-17)25(28)29/h2-5,10,13,15-16,19,21,26-27H,6-9H2,1H3/t13-,15+,16+,19?,21+,22-/m1/s1. The Hall–Kier alpha value is -2.01. The van der Waals surface area contributed by atoms with Gasteiger partial charge in [-0.05, 0) is 61.3 Å². The van der Waals surface area contributed by atoms with E-state index in [0.29, 0.717) is 23.2 Å². The second-order valence-corrected chi connectivity index (χ2v) is 11.6. The van der Waals surface area contributed by atoms with Gasteiger partial charge in [-0.25, -0.2) is 4.98 Å². The Labute approximate surface area is 192 Å². The van der Waals surface area contributed by atoms with Gasteiger partial charge in [0.1, 0.15) is 17.3 Å². The number of aliphatic hydroxyl groups is 1. The Kier molecular flexibility index (Phi) is 4.66. The molecule has 1 aromatic heterocycles. The van der Waals surface area contributed by atoms with E-state index in [9.17, 15) is 20.3 Å². The van der Waals surface area contributed by atoms with E-state index in [-0.39, 0.29) is 34.1 Å². The summed E-state index contributed by atoms with van der Waals surface area (Å²) in [5.41, 5.74) is 2.00. The lowest BCUT2D eigenvalue weighted by molar-refractivity contribution is -0.385. The van der Waals surface area contributed by atoms with E-state index >= 15 is 0 Å². The molecule has 1 saturated heterocycles. The largest absolute Gasteiger partial charge is 0.504 e. The van der Waals surface area contributed by atoms with Gasteiger partial charge in [0, 0.05) is 34.3 Å². The average molecular weight is 474 g/mol. The monoisotopic (exact) mass is 473 g/mol. The van der Waals surface area contributed by atoms with E-state index in [0.717, 1.165) is 24.9 Å². The summed E-state index contributed by atoms with van der Waals surface area (Å²) in [5, 5.41) is 33.5. The Morgan fingerprint density at radius 1 is 1.34 bits per heavy atom. The maximum atomic E-state index is 11.2. The molecule has 8 nitrogen and oxygen atoms in total. The molecule has 6 rings (SSSR count). The summed E-state index contributed by atoms with van der Waals surface area (Å²) in [5.74, 6) is 0.986. The van der Waals surface area contributed by atoms with E-state index in [2.05, 4.69) is 16.9 Å². The number of nitro groups is 1. The topological polar surface area (TPSA) is 109 Å². The summed E-state index contributed by atoms with van der Waals surface area (Å²) in [7, 11) is 5.37. The second kappa shape index (κ2) is 7.24. The number of aromatic nitrogens is 1. The van der Waals surface area contributed by atoms with Gasteiger partial charge in [-0.3, -0.25) is 10.1 Å². The van der Waals surface area contributed by atoms with Gasteiger partial charge in [-0.2, -0.15) is 0 Å². The van der Waals surface area contributed by atoms with Crippen LogP contribution in [0.25, 0.3) is 0 Å². The first-order valence-electron chi connectivity index (χ1n) is 10.7. The molecule has 1 spiro atoms. The number of phenols is 1. The van der Waals surface area contributed by atoms with Crippen molar-refractivity contribution in [1.82, 2.24) is 9.88 Å². The third kappa shape index (κ3) is 2.76. The van der Waals surface area contributed by atoms with E-state index in [1.807, 2.05) is 6.07 Å². The first-order valence-corrected chi connectivity index (χ1v) is 13.0.